The maximum absolute atomic E-state index is 10.3. The minimum atomic E-state index is -2.74. The summed E-state index contributed by atoms with van der Waals surface area (Å²) in [7, 11) is 4.18. The Hall–Kier alpha value is -3.52. The van der Waals surface area contributed by atoms with Crippen LogP contribution in [0.1, 0.15) is 30.6 Å². The molecule has 0 aliphatic rings. The van der Waals surface area contributed by atoms with E-state index < -0.39 is 36.4 Å². The number of aromatic nitrogens is 3. The summed E-state index contributed by atoms with van der Waals surface area (Å²) >= 11 is 6.12. The van der Waals surface area contributed by atoms with Crippen LogP contribution in [0.4, 0.5) is 0 Å². The topological polar surface area (TPSA) is 193 Å². The molecule has 0 aromatic carbocycles. The third-order valence-corrected chi connectivity index (χ3v) is 5.50. The first kappa shape index (κ1) is 29.7. The average Bonchev–Trinajstić information content (AvgIpc) is 3.43. The molecule has 0 saturated heterocycles. The first-order valence-corrected chi connectivity index (χ1v) is 11.5. The Labute approximate surface area is 217 Å². The summed E-state index contributed by atoms with van der Waals surface area (Å²) in [5.74, 6) is -4.06. The van der Waals surface area contributed by atoms with Crippen molar-refractivity contribution < 1.29 is 39.2 Å². The fourth-order valence-corrected chi connectivity index (χ4v) is 3.65. The van der Waals surface area contributed by atoms with E-state index >= 15 is 0 Å². The molecule has 13 nitrogen and oxygen atoms in total. The van der Waals surface area contributed by atoms with Gasteiger partial charge in [0.15, 0.2) is 5.60 Å². The number of fused-ring (bicyclic) bond motifs is 1. The van der Waals surface area contributed by atoms with Crippen LogP contribution in [0.2, 0.25) is 5.15 Å². The van der Waals surface area contributed by atoms with Crippen molar-refractivity contribution in [2.75, 3.05) is 27.2 Å². The van der Waals surface area contributed by atoms with Crippen LogP contribution in [0.3, 0.4) is 0 Å². The van der Waals surface area contributed by atoms with Gasteiger partial charge in [-0.3, -0.25) is 24.6 Å². The van der Waals surface area contributed by atoms with Gasteiger partial charge < -0.3 is 29.7 Å². The number of H-pyrrole nitrogens is 1. The van der Waals surface area contributed by atoms with E-state index in [1.807, 2.05) is 18.3 Å². The molecule has 0 aliphatic heterocycles. The smallest absolute Gasteiger partial charge is 0.336 e. The van der Waals surface area contributed by atoms with Crippen LogP contribution in [0, 0.1) is 0 Å². The number of nitrogens with one attached hydrogen (secondary N) is 1. The Morgan fingerprint density at radius 2 is 1.76 bits per heavy atom. The number of halogens is 1. The summed E-state index contributed by atoms with van der Waals surface area (Å²) in [6, 6.07) is 3.92. The number of pyridine rings is 1. The van der Waals surface area contributed by atoms with Gasteiger partial charge in [-0.25, -0.2) is 4.79 Å². The van der Waals surface area contributed by atoms with Crippen molar-refractivity contribution in [2.45, 2.75) is 38.0 Å². The quantitative estimate of drug-likeness (QED) is 0.212. The van der Waals surface area contributed by atoms with Gasteiger partial charge >= 0.3 is 17.9 Å². The normalized spacial score (nSPS) is 11.5. The molecule has 0 amide bonds. The summed E-state index contributed by atoms with van der Waals surface area (Å²) in [4.78, 5) is 39.3. The van der Waals surface area contributed by atoms with Crippen LogP contribution in [0.5, 0.6) is 0 Å². The van der Waals surface area contributed by atoms with Crippen LogP contribution in [-0.2, 0) is 27.5 Å². The van der Waals surface area contributed by atoms with Crippen LogP contribution in [-0.4, -0.2) is 96.1 Å². The Morgan fingerprint density at radius 1 is 1.08 bits per heavy atom. The number of carboxylic acids is 3. The lowest BCUT2D eigenvalue weighted by molar-refractivity contribution is -0.170. The van der Waals surface area contributed by atoms with Gasteiger partial charge in [-0.2, -0.15) is 5.10 Å². The van der Waals surface area contributed by atoms with Crippen molar-refractivity contribution >= 4 is 40.4 Å². The molecule has 3 rings (SSSR count). The molecule has 14 heteroatoms. The van der Waals surface area contributed by atoms with Gasteiger partial charge in [0, 0.05) is 31.0 Å². The molecule has 3 aromatic heterocycles. The molecular weight excluding hydrogens is 510 g/mol. The molecule has 0 spiro atoms. The van der Waals surface area contributed by atoms with Gasteiger partial charge in [0.1, 0.15) is 16.4 Å². The lowest BCUT2D eigenvalue weighted by atomic mass is 9.96. The highest BCUT2D eigenvalue weighted by Crippen LogP contribution is 2.23. The van der Waals surface area contributed by atoms with Crippen molar-refractivity contribution in [2.24, 2.45) is 0 Å². The van der Waals surface area contributed by atoms with E-state index in [4.69, 9.17) is 36.4 Å². The second-order valence-electron chi connectivity index (χ2n) is 8.66. The second-order valence-corrected chi connectivity index (χ2v) is 9.03. The molecule has 202 valence electrons. The summed E-state index contributed by atoms with van der Waals surface area (Å²) in [5, 5.41) is 42.4. The third-order valence-electron chi connectivity index (χ3n) is 5.21. The molecule has 3 aromatic rings. The summed E-state index contributed by atoms with van der Waals surface area (Å²) < 4.78 is 5.51. The fourth-order valence-electron chi connectivity index (χ4n) is 3.47. The molecule has 0 unspecified atom stereocenters. The Morgan fingerprint density at radius 3 is 2.30 bits per heavy atom. The molecule has 0 bridgehead atoms. The van der Waals surface area contributed by atoms with E-state index in [2.05, 4.69) is 39.1 Å². The van der Waals surface area contributed by atoms with Gasteiger partial charge in [-0.05, 0) is 39.2 Å². The van der Waals surface area contributed by atoms with E-state index in [0.717, 1.165) is 54.8 Å². The molecule has 0 fully saturated rings. The second kappa shape index (κ2) is 13.7. The van der Waals surface area contributed by atoms with E-state index in [1.165, 1.54) is 0 Å². The predicted molar refractivity (Wildman–Crippen MR) is 132 cm³/mol. The third kappa shape index (κ3) is 9.46. The summed E-state index contributed by atoms with van der Waals surface area (Å²) in [6.07, 6.45) is 4.11. The minimum absolute atomic E-state index is 0.532. The molecule has 3 heterocycles. The van der Waals surface area contributed by atoms with E-state index in [0.29, 0.717) is 5.15 Å². The number of hydrogen-bond acceptors (Lipinski definition) is 9. The summed E-state index contributed by atoms with van der Waals surface area (Å²) in [5.41, 5.74) is -0.795. The number of nitrogens with zero attached hydrogens (tertiary/aromatic N) is 4. The highest BCUT2D eigenvalue weighted by atomic mass is 35.5. The van der Waals surface area contributed by atoms with Crippen molar-refractivity contribution in [3.63, 3.8) is 0 Å². The van der Waals surface area contributed by atoms with Gasteiger partial charge in [0.2, 0.25) is 0 Å². The Kier molecular flexibility index (Phi) is 11.0. The maximum atomic E-state index is 10.3. The van der Waals surface area contributed by atoms with Gasteiger partial charge in [0.25, 0.3) is 0 Å². The maximum Gasteiger partial charge on any atom is 0.336 e. The number of carbonyl (C=O) groups is 3. The fraction of sp³-hybridized carbons (Fsp3) is 0.435. The highest BCUT2D eigenvalue weighted by molar-refractivity contribution is 6.34. The molecule has 0 aliphatic carbocycles. The monoisotopic (exact) mass is 539 g/mol. The van der Waals surface area contributed by atoms with E-state index in [-0.39, 0.29) is 0 Å². The molecule has 37 heavy (non-hydrogen) atoms. The zero-order valence-corrected chi connectivity index (χ0v) is 21.2. The van der Waals surface area contributed by atoms with Gasteiger partial charge in [-0.15, -0.1) is 0 Å². The number of aliphatic carboxylic acids is 3. The van der Waals surface area contributed by atoms with Crippen LogP contribution in [0.25, 0.3) is 10.9 Å². The lowest BCUT2D eigenvalue weighted by Gasteiger charge is -2.22. The number of hydrogen-bond donors (Lipinski definition) is 5. The minimum Gasteiger partial charge on any atom is -0.481 e. The standard InChI is InChI=1S/C17H22ClN5O.C6H8O7/c1-22(2)6-4-7-23(12-14-5-3-8-24-14)11-13-9-19-10-15-16(13)20-21-17(15)18;7-3(8)1-6(13,5(11)12)2-4(9)10/h3,5,8-10H,4,6-7,11-12H2,1-2H3,(H,20,21);13H,1-2H2,(H,7,8)(H,9,10)(H,11,12). The zero-order chi connectivity index (χ0) is 27.6. The first-order chi connectivity index (χ1) is 17.4. The number of furan rings is 1. The number of aromatic amines is 1. The average molecular weight is 540 g/mol. The lowest BCUT2D eigenvalue weighted by Crippen LogP contribution is -2.42. The van der Waals surface area contributed by atoms with E-state index in [9.17, 15) is 14.4 Å². The molecule has 0 atom stereocenters. The Balaban J connectivity index is 0.000000317. The van der Waals surface area contributed by atoms with Crippen LogP contribution in [0.15, 0.2) is 35.2 Å². The SMILES string of the molecule is CN(C)CCCN(Cc1ccco1)Cc1cncc2c(Cl)[nH]nc12.O=C(O)CC(O)(CC(=O)O)C(=O)O. The van der Waals surface area contributed by atoms with Gasteiger partial charge in [-0.1, -0.05) is 11.6 Å². The molecule has 0 radical (unpaired) electrons. The zero-order valence-electron chi connectivity index (χ0n) is 20.4. The van der Waals surface area contributed by atoms with Crippen molar-refractivity contribution in [3.05, 3.63) is 47.3 Å². The van der Waals surface area contributed by atoms with Crippen molar-refractivity contribution in [1.29, 1.82) is 0 Å². The molecule has 5 N–H and O–H groups in total. The van der Waals surface area contributed by atoms with Gasteiger partial charge in [0.05, 0.1) is 31.0 Å². The first-order valence-electron chi connectivity index (χ1n) is 11.2. The number of carboxylic acid groups (broad SMARTS) is 3. The largest absolute Gasteiger partial charge is 0.481 e. The number of rotatable bonds is 13. The summed E-state index contributed by atoms with van der Waals surface area (Å²) in [6.45, 7) is 3.52. The molecular formula is C23H30ClN5O8. The predicted octanol–water partition coefficient (Wildman–Crippen LogP) is 1.91. The number of aliphatic hydroxyl groups is 1. The Bertz CT molecular complexity index is 1170. The molecule has 0 saturated carbocycles. The van der Waals surface area contributed by atoms with Crippen LogP contribution < -0.4 is 0 Å². The van der Waals surface area contributed by atoms with E-state index in [1.54, 1.807) is 12.5 Å². The van der Waals surface area contributed by atoms with Crippen LogP contribution >= 0.6 is 11.6 Å². The highest BCUT2D eigenvalue weighted by Gasteiger charge is 2.40. The van der Waals surface area contributed by atoms with Crippen molar-refractivity contribution in [1.82, 2.24) is 25.0 Å². The van der Waals surface area contributed by atoms with Crippen molar-refractivity contribution in [3.8, 4) is 0 Å².